The summed E-state index contributed by atoms with van der Waals surface area (Å²) in [5.74, 6) is -9.79. The van der Waals surface area contributed by atoms with E-state index in [0.29, 0.717) is 19.3 Å². The lowest BCUT2D eigenvalue weighted by molar-refractivity contribution is -0.327. The smallest absolute Gasteiger partial charge is 0.272 e. The Morgan fingerprint density at radius 1 is 0.583 bits per heavy atom. The van der Waals surface area contributed by atoms with Crippen molar-refractivity contribution in [3.8, 4) is 0 Å². The van der Waals surface area contributed by atoms with Gasteiger partial charge >= 0.3 is 0 Å². The predicted molar refractivity (Wildman–Crippen MR) is 132 cm³/mol. The fourth-order valence-electron chi connectivity index (χ4n) is 3.78. The summed E-state index contributed by atoms with van der Waals surface area (Å²) < 4.78 is 85.3. The van der Waals surface area contributed by atoms with Gasteiger partial charge in [0.25, 0.3) is 6.48 Å². The fraction of sp³-hybridized carbons (Fsp3) is 0.778. The Labute approximate surface area is 213 Å². The van der Waals surface area contributed by atoms with Gasteiger partial charge in [-0.3, -0.25) is 0 Å². The largest absolute Gasteiger partial charge is 0.380 e. The van der Waals surface area contributed by atoms with Crippen molar-refractivity contribution >= 4 is 5.69 Å². The molecule has 0 saturated carbocycles. The van der Waals surface area contributed by atoms with E-state index >= 15 is 0 Å². The van der Waals surface area contributed by atoms with Crippen LogP contribution in [0.1, 0.15) is 105 Å². The molecule has 1 aromatic rings. The van der Waals surface area contributed by atoms with Gasteiger partial charge in [0.2, 0.25) is 5.82 Å². The van der Waals surface area contributed by atoms with E-state index in [2.05, 4.69) is 12.2 Å². The summed E-state index contributed by atoms with van der Waals surface area (Å²) in [6, 6.07) is 0. The Kier molecular flexibility index (Phi) is 16.2. The maximum absolute atomic E-state index is 13.8. The normalized spacial score (nSPS) is 12.8. The quantitative estimate of drug-likeness (QED) is 0.0608. The number of ether oxygens (including phenoxy) is 3. The van der Waals surface area contributed by atoms with Gasteiger partial charge in [-0.1, -0.05) is 51.9 Å². The second-order valence-electron chi connectivity index (χ2n) is 9.69. The van der Waals surface area contributed by atoms with E-state index in [4.69, 9.17) is 14.2 Å². The van der Waals surface area contributed by atoms with Crippen molar-refractivity contribution in [2.45, 2.75) is 130 Å². The molecular weight excluding hydrogens is 481 g/mol. The zero-order valence-corrected chi connectivity index (χ0v) is 22.4. The monoisotopic (exact) mass is 525 g/mol. The first kappa shape index (κ1) is 32.6. The van der Waals surface area contributed by atoms with Crippen LogP contribution in [0.4, 0.5) is 27.6 Å². The molecule has 0 spiro atoms. The lowest BCUT2D eigenvalue weighted by Crippen LogP contribution is -2.31. The molecule has 0 bridgehead atoms. The van der Waals surface area contributed by atoms with Crippen LogP contribution < -0.4 is 5.32 Å². The molecule has 0 radical (unpaired) electrons. The number of hydrogen-bond acceptors (Lipinski definition) is 4. The van der Waals surface area contributed by atoms with Crippen molar-refractivity contribution < 1.29 is 36.2 Å². The number of anilines is 1. The molecule has 9 heteroatoms. The average molecular weight is 526 g/mol. The first-order chi connectivity index (χ1) is 17.1. The van der Waals surface area contributed by atoms with Gasteiger partial charge in [0, 0.05) is 6.54 Å². The Balaban J connectivity index is 2.62. The lowest BCUT2D eigenvalue weighted by atomic mass is 10.0. The SMILES string of the molecule is CCCCCCCCCC(CCCCNc1c(F)c(F)c(F)c(F)c1F)OC(OC(C)C)OC(C)C. The first-order valence-corrected chi connectivity index (χ1v) is 13.3. The molecule has 1 aromatic carbocycles. The molecule has 1 N–H and O–H groups in total. The predicted octanol–water partition coefficient (Wildman–Crippen LogP) is 8.62. The molecule has 0 aliphatic rings. The van der Waals surface area contributed by atoms with E-state index in [9.17, 15) is 22.0 Å². The van der Waals surface area contributed by atoms with Gasteiger partial charge in [-0.25, -0.2) is 22.0 Å². The number of unbranched alkanes of at least 4 members (excludes halogenated alkanes) is 7. The highest BCUT2D eigenvalue weighted by Gasteiger charge is 2.25. The summed E-state index contributed by atoms with van der Waals surface area (Å²) in [4.78, 5) is 0. The van der Waals surface area contributed by atoms with Gasteiger partial charge in [-0.2, -0.15) is 0 Å². The maximum Gasteiger partial charge on any atom is 0.272 e. The molecule has 1 atom stereocenters. The molecule has 210 valence electrons. The van der Waals surface area contributed by atoms with Crippen LogP contribution >= 0.6 is 0 Å². The zero-order chi connectivity index (χ0) is 27.1. The van der Waals surface area contributed by atoms with E-state index in [1.165, 1.54) is 32.1 Å². The molecular formula is C27H44F5NO3. The van der Waals surface area contributed by atoms with Gasteiger partial charge in [-0.15, -0.1) is 0 Å². The molecule has 0 heterocycles. The summed E-state index contributed by atoms with van der Waals surface area (Å²) >= 11 is 0. The van der Waals surface area contributed by atoms with Gasteiger partial charge in [0.15, 0.2) is 23.3 Å². The Bertz CT molecular complexity index is 710. The van der Waals surface area contributed by atoms with Crippen LogP contribution in [0.2, 0.25) is 0 Å². The Hall–Kier alpha value is -1.45. The molecule has 36 heavy (non-hydrogen) atoms. The highest BCUT2D eigenvalue weighted by molar-refractivity contribution is 5.47. The molecule has 0 fully saturated rings. The summed E-state index contributed by atoms with van der Waals surface area (Å²) in [6.07, 6.45) is 10.4. The number of benzene rings is 1. The highest BCUT2D eigenvalue weighted by atomic mass is 19.2. The molecule has 0 aliphatic heterocycles. The lowest BCUT2D eigenvalue weighted by Gasteiger charge is -2.28. The van der Waals surface area contributed by atoms with Crippen molar-refractivity contribution in [3.05, 3.63) is 29.1 Å². The standard InChI is InChI=1S/C27H44F5NO3/c1-6-7-8-9-10-11-12-15-20(36-27(34-18(2)3)35-19(4)5)16-13-14-17-33-26-24(31)22(29)21(28)23(30)25(26)32/h18-20,27,33H,6-17H2,1-5H3. The minimum absolute atomic E-state index is 0.0525. The number of hydrogen-bond donors (Lipinski definition) is 1. The topological polar surface area (TPSA) is 39.7 Å². The molecule has 0 aliphatic carbocycles. The molecule has 0 aromatic heterocycles. The maximum atomic E-state index is 13.8. The van der Waals surface area contributed by atoms with Gasteiger partial charge in [-0.05, 0) is 53.4 Å². The Morgan fingerprint density at radius 3 is 1.53 bits per heavy atom. The van der Waals surface area contributed by atoms with Crippen molar-refractivity contribution in [3.63, 3.8) is 0 Å². The molecule has 0 amide bonds. The minimum Gasteiger partial charge on any atom is -0.380 e. The second-order valence-corrected chi connectivity index (χ2v) is 9.69. The van der Waals surface area contributed by atoms with E-state index in [-0.39, 0.29) is 24.9 Å². The third-order valence-corrected chi connectivity index (χ3v) is 5.66. The summed E-state index contributed by atoms with van der Waals surface area (Å²) in [5.41, 5.74) is -1.00. The van der Waals surface area contributed by atoms with Crippen LogP contribution in [0, 0.1) is 29.1 Å². The van der Waals surface area contributed by atoms with Crippen molar-refractivity contribution in [2.24, 2.45) is 0 Å². The number of nitrogens with one attached hydrogen (secondary N) is 1. The van der Waals surface area contributed by atoms with Crippen LogP contribution in [0.15, 0.2) is 0 Å². The number of rotatable bonds is 20. The van der Waals surface area contributed by atoms with E-state index in [0.717, 1.165) is 19.3 Å². The summed E-state index contributed by atoms with van der Waals surface area (Å²) in [6.45, 7) is 9.04. The minimum atomic E-state index is -2.16. The summed E-state index contributed by atoms with van der Waals surface area (Å²) in [5, 5.41) is 2.35. The van der Waals surface area contributed by atoms with Crippen molar-refractivity contribution in [1.29, 1.82) is 0 Å². The number of halogens is 5. The average Bonchev–Trinajstić information content (AvgIpc) is 2.81. The Morgan fingerprint density at radius 2 is 1.03 bits per heavy atom. The van der Waals surface area contributed by atoms with Crippen LogP contribution in [-0.4, -0.2) is 31.3 Å². The third-order valence-electron chi connectivity index (χ3n) is 5.66. The van der Waals surface area contributed by atoms with Crippen molar-refractivity contribution in [1.82, 2.24) is 0 Å². The third kappa shape index (κ3) is 12.2. The van der Waals surface area contributed by atoms with Gasteiger partial charge in [0.05, 0.1) is 18.3 Å². The van der Waals surface area contributed by atoms with Crippen LogP contribution in [0.3, 0.4) is 0 Å². The molecule has 4 nitrogen and oxygen atoms in total. The van der Waals surface area contributed by atoms with Gasteiger partial charge < -0.3 is 19.5 Å². The fourth-order valence-corrected chi connectivity index (χ4v) is 3.78. The highest BCUT2D eigenvalue weighted by Crippen LogP contribution is 2.27. The zero-order valence-electron chi connectivity index (χ0n) is 22.4. The molecule has 1 unspecified atom stereocenters. The van der Waals surface area contributed by atoms with Crippen LogP contribution in [-0.2, 0) is 14.2 Å². The van der Waals surface area contributed by atoms with E-state index in [1.807, 2.05) is 27.7 Å². The molecule has 1 rings (SSSR count). The summed E-state index contributed by atoms with van der Waals surface area (Å²) in [7, 11) is 0. The van der Waals surface area contributed by atoms with Crippen LogP contribution in [0.5, 0.6) is 0 Å². The van der Waals surface area contributed by atoms with Gasteiger partial charge in [0.1, 0.15) is 5.69 Å². The first-order valence-electron chi connectivity index (χ1n) is 13.3. The van der Waals surface area contributed by atoms with Crippen molar-refractivity contribution in [2.75, 3.05) is 11.9 Å². The second kappa shape index (κ2) is 17.9. The van der Waals surface area contributed by atoms with E-state index in [1.54, 1.807) is 0 Å². The van der Waals surface area contributed by atoms with E-state index < -0.39 is 41.2 Å². The molecule has 0 saturated heterocycles. The van der Waals surface area contributed by atoms with Crippen LogP contribution in [0.25, 0.3) is 0 Å².